The van der Waals surface area contributed by atoms with E-state index >= 15 is 0 Å². The van der Waals surface area contributed by atoms with Crippen LogP contribution in [-0.4, -0.2) is 29.9 Å². The Morgan fingerprint density at radius 3 is 3.00 bits per heavy atom. The molecule has 2 unspecified atom stereocenters. The molecule has 1 saturated heterocycles. The van der Waals surface area contributed by atoms with E-state index < -0.39 is 5.82 Å². The minimum absolute atomic E-state index is 0.0542. The third-order valence-corrected chi connectivity index (χ3v) is 4.05. The number of carbonyl (C=O) groups is 1. The quantitative estimate of drug-likeness (QED) is 0.907. The number of halogens is 2. The third-order valence-electron chi connectivity index (χ3n) is 3.67. The summed E-state index contributed by atoms with van der Waals surface area (Å²) in [4.78, 5) is 14.1. The van der Waals surface area contributed by atoms with Crippen LogP contribution in [0.4, 0.5) is 4.39 Å². The van der Waals surface area contributed by atoms with Gasteiger partial charge in [0, 0.05) is 19.1 Å². The van der Waals surface area contributed by atoms with Crippen LogP contribution in [0.1, 0.15) is 30.1 Å². The molecule has 3 nitrogen and oxygen atoms in total. The molecule has 1 aromatic carbocycles. The molecule has 0 spiro atoms. The lowest BCUT2D eigenvalue weighted by Crippen LogP contribution is -2.45. The summed E-state index contributed by atoms with van der Waals surface area (Å²) in [5.41, 5.74) is 6.13. The number of carbonyl (C=O) groups excluding carboxylic acids is 1. The third kappa shape index (κ3) is 3.07. The smallest absolute Gasteiger partial charge is 0.255 e. The second-order valence-electron chi connectivity index (χ2n) is 5.11. The van der Waals surface area contributed by atoms with Crippen molar-refractivity contribution >= 4 is 17.5 Å². The van der Waals surface area contributed by atoms with Crippen LogP contribution in [0.25, 0.3) is 0 Å². The van der Waals surface area contributed by atoms with Crippen molar-refractivity contribution in [3.05, 3.63) is 34.6 Å². The first-order valence-corrected chi connectivity index (χ1v) is 6.87. The molecule has 1 heterocycles. The van der Waals surface area contributed by atoms with Crippen molar-refractivity contribution in [1.29, 1.82) is 0 Å². The fourth-order valence-electron chi connectivity index (χ4n) is 2.46. The van der Waals surface area contributed by atoms with E-state index in [2.05, 4.69) is 0 Å². The van der Waals surface area contributed by atoms with Gasteiger partial charge in [-0.3, -0.25) is 4.79 Å². The van der Waals surface area contributed by atoms with Crippen molar-refractivity contribution in [2.45, 2.75) is 25.8 Å². The summed E-state index contributed by atoms with van der Waals surface area (Å²) in [6.45, 7) is 3.24. The fourth-order valence-corrected chi connectivity index (χ4v) is 2.67. The minimum Gasteiger partial charge on any atom is -0.338 e. The average molecular weight is 285 g/mol. The Kier molecular flexibility index (Phi) is 4.42. The second-order valence-corrected chi connectivity index (χ2v) is 5.49. The SMILES string of the molecule is CC(N)C1CCCN(C(=O)c2cccc(F)c2Cl)C1. The van der Waals surface area contributed by atoms with Crippen LogP contribution in [0.5, 0.6) is 0 Å². The van der Waals surface area contributed by atoms with E-state index in [0.717, 1.165) is 12.8 Å². The maximum Gasteiger partial charge on any atom is 0.255 e. The molecule has 2 N–H and O–H groups in total. The van der Waals surface area contributed by atoms with Gasteiger partial charge in [0.25, 0.3) is 5.91 Å². The Bertz CT molecular complexity index is 479. The van der Waals surface area contributed by atoms with E-state index in [4.69, 9.17) is 17.3 Å². The van der Waals surface area contributed by atoms with Gasteiger partial charge in [0.15, 0.2) is 0 Å². The first-order chi connectivity index (χ1) is 9.00. The van der Waals surface area contributed by atoms with Crippen molar-refractivity contribution in [2.24, 2.45) is 11.7 Å². The number of nitrogens with two attached hydrogens (primary N) is 1. The summed E-state index contributed by atoms with van der Waals surface area (Å²) < 4.78 is 13.4. The monoisotopic (exact) mass is 284 g/mol. The largest absolute Gasteiger partial charge is 0.338 e. The van der Waals surface area contributed by atoms with Gasteiger partial charge < -0.3 is 10.6 Å². The van der Waals surface area contributed by atoms with Crippen LogP contribution in [-0.2, 0) is 0 Å². The van der Waals surface area contributed by atoms with E-state index in [9.17, 15) is 9.18 Å². The summed E-state index contributed by atoms with van der Waals surface area (Å²) >= 11 is 5.86. The molecule has 1 aliphatic heterocycles. The molecule has 1 aromatic rings. The summed E-state index contributed by atoms with van der Waals surface area (Å²) in [6.07, 6.45) is 1.95. The molecule has 0 bridgehead atoms. The second kappa shape index (κ2) is 5.88. The predicted molar refractivity (Wildman–Crippen MR) is 73.7 cm³/mol. The van der Waals surface area contributed by atoms with Gasteiger partial charge in [-0.05, 0) is 37.8 Å². The molecule has 104 valence electrons. The Morgan fingerprint density at radius 1 is 1.58 bits per heavy atom. The highest BCUT2D eigenvalue weighted by Crippen LogP contribution is 2.25. The number of hydrogen-bond acceptors (Lipinski definition) is 2. The number of benzene rings is 1. The van der Waals surface area contributed by atoms with Gasteiger partial charge in [-0.1, -0.05) is 17.7 Å². The fraction of sp³-hybridized carbons (Fsp3) is 0.500. The Balaban J connectivity index is 2.17. The molecule has 0 saturated carbocycles. The minimum atomic E-state index is -0.562. The number of nitrogens with zero attached hydrogens (tertiary/aromatic N) is 1. The van der Waals surface area contributed by atoms with Gasteiger partial charge in [-0.15, -0.1) is 0 Å². The molecule has 5 heteroatoms. The van der Waals surface area contributed by atoms with E-state index in [1.165, 1.54) is 12.1 Å². The standard InChI is InChI=1S/C14H18ClFN2O/c1-9(17)10-4-3-7-18(8-10)14(19)11-5-2-6-12(16)13(11)15/h2,5-6,9-10H,3-4,7-8,17H2,1H3. The summed E-state index contributed by atoms with van der Waals surface area (Å²) in [6, 6.07) is 4.36. The van der Waals surface area contributed by atoms with Crippen molar-refractivity contribution in [3.8, 4) is 0 Å². The lowest BCUT2D eigenvalue weighted by Gasteiger charge is -2.34. The average Bonchev–Trinajstić information content (AvgIpc) is 2.41. The van der Waals surface area contributed by atoms with Gasteiger partial charge in [-0.25, -0.2) is 4.39 Å². The molecule has 0 radical (unpaired) electrons. The zero-order valence-corrected chi connectivity index (χ0v) is 11.7. The maximum atomic E-state index is 13.4. The molecular weight excluding hydrogens is 267 g/mol. The van der Waals surface area contributed by atoms with Crippen LogP contribution in [0, 0.1) is 11.7 Å². The van der Waals surface area contributed by atoms with Crippen molar-refractivity contribution in [2.75, 3.05) is 13.1 Å². The lowest BCUT2D eigenvalue weighted by atomic mass is 9.92. The summed E-state index contributed by atoms with van der Waals surface area (Å²) in [5, 5.41) is -0.101. The molecule has 2 rings (SSSR count). The number of rotatable bonds is 2. The Morgan fingerprint density at radius 2 is 2.32 bits per heavy atom. The van der Waals surface area contributed by atoms with Crippen molar-refractivity contribution in [1.82, 2.24) is 4.90 Å². The molecule has 2 atom stereocenters. The number of piperidine rings is 1. The van der Waals surface area contributed by atoms with Crippen LogP contribution in [0.2, 0.25) is 5.02 Å². The maximum absolute atomic E-state index is 13.4. The van der Waals surface area contributed by atoms with Gasteiger partial charge in [0.2, 0.25) is 0 Å². The van der Waals surface area contributed by atoms with E-state index in [1.54, 1.807) is 11.0 Å². The molecular formula is C14H18ClFN2O. The number of likely N-dealkylation sites (tertiary alicyclic amines) is 1. The van der Waals surface area contributed by atoms with Gasteiger partial charge in [-0.2, -0.15) is 0 Å². The van der Waals surface area contributed by atoms with E-state index in [-0.39, 0.29) is 22.5 Å². The topological polar surface area (TPSA) is 46.3 Å². The highest BCUT2D eigenvalue weighted by molar-refractivity contribution is 6.34. The van der Waals surface area contributed by atoms with Crippen molar-refractivity contribution < 1.29 is 9.18 Å². The van der Waals surface area contributed by atoms with Crippen LogP contribution >= 0.6 is 11.6 Å². The Labute approximate surface area is 117 Å². The van der Waals surface area contributed by atoms with E-state index in [0.29, 0.717) is 19.0 Å². The highest BCUT2D eigenvalue weighted by atomic mass is 35.5. The first kappa shape index (κ1) is 14.3. The zero-order valence-electron chi connectivity index (χ0n) is 10.9. The molecule has 0 aromatic heterocycles. The lowest BCUT2D eigenvalue weighted by molar-refractivity contribution is 0.0660. The summed E-state index contributed by atoms with van der Waals surface area (Å²) in [5.74, 6) is -0.479. The normalized spacial score (nSPS) is 21.3. The van der Waals surface area contributed by atoms with Crippen molar-refractivity contribution in [3.63, 3.8) is 0 Å². The molecule has 0 aliphatic carbocycles. The summed E-state index contributed by atoms with van der Waals surface area (Å²) in [7, 11) is 0. The first-order valence-electron chi connectivity index (χ1n) is 6.49. The number of amides is 1. The van der Waals surface area contributed by atoms with Crippen LogP contribution < -0.4 is 5.73 Å². The molecule has 1 fully saturated rings. The predicted octanol–water partition coefficient (Wildman–Crippen LogP) is 2.68. The highest BCUT2D eigenvalue weighted by Gasteiger charge is 2.27. The molecule has 1 aliphatic rings. The molecule has 19 heavy (non-hydrogen) atoms. The van der Waals surface area contributed by atoms with Crippen LogP contribution in [0.15, 0.2) is 18.2 Å². The molecule has 1 amide bonds. The number of hydrogen-bond donors (Lipinski definition) is 1. The van der Waals surface area contributed by atoms with Gasteiger partial charge in [0.1, 0.15) is 5.82 Å². The van der Waals surface area contributed by atoms with Crippen LogP contribution in [0.3, 0.4) is 0 Å². The van der Waals surface area contributed by atoms with Gasteiger partial charge in [0.05, 0.1) is 10.6 Å². The van der Waals surface area contributed by atoms with E-state index in [1.807, 2.05) is 6.92 Å². The van der Waals surface area contributed by atoms with Gasteiger partial charge >= 0.3 is 0 Å². The zero-order chi connectivity index (χ0) is 14.0. The Hall–Kier alpha value is -1.13.